The lowest BCUT2D eigenvalue weighted by Gasteiger charge is -1.96. The van der Waals surface area contributed by atoms with Crippen molar-refractivity contribution >= 4 is 39.2 Å². The third kappa shape index (κ3) is 2.45. The monoisotopic (exact) mass is 286 g/mol. The molecule has 2 aromatic rings. The summed E-state index contributed by atoms with van der Waals surface area (Å²) in [7, 11) is 0. The van der Waals surface area contributed by atoms with Gasteiger partial charge in [0.25, 0.3) is 5.91 Å². The summed E-state index contributed by atoms with van der Waals surface area (Å²) < 4.78 is 5.93. The number of carbonyl (C=O) groups excluding carboxylic acids is 1. The molecule has 78 valence electrons. The lowest BCUT2D eigenvalue weighted by atomic mass is 10.3. The predicted octanol–water partition coefficient (Wildman–Crippen LogP) is 3.06. The molecule has 0 radical (unpaired) electrons. The molecule has 0 aliphatic heterocycles. The first-order valence-electron chi connectivity index (χ1n) is 4.12. The fourth-order valence-electron chi connectivity index (χ4n) is 1.01. The average Bonchev–Trinajstić information content (AvgIpc) is 2.75. The third-order valence-electron chi connectivity index (χ3n) is 1.67. The molecular weight excluding hydrogens is 280 g/mol. The van der Waals surface area contributed by atoms with Crippen LogP contribution in [0.5, 0.6) is 0 Å². The van der Waals surface area contributed by atoms with E-state index in [0.717, 1.165) is 9.48 Å². The molecule has 1 amide bonds. The van der Waals surface area contributed by atoms with E-state index in [2.05, 4.69) is 26.2 Å². The van der Waals surface area contributed by atoms with E-state index in [-0.39, 0.29) is 11.9 Å². The Morgan fingerprint density at radius 3 is 3.00 bits per heavy atom. The van der Waals surface area contributed by atoms with Crippen molar-refractivity contribution < 1.29 is 9.21 Å². The van der Waals surface area contributed by atoms with Crippen molar-refractivity contribution in [2.75, 3.05) is 5.32 Å². The maximum Gasteiger partial charge on any atom is 0.301 e. The minimum Gasteiger partial charge on any atom is -0.432 e. The minimum atomic E-state index is -0.223. The van der Waals surface area contributed by atoms with Crippen LogP contribution in [0.2, 0.25) is 0 Å². The zero-order valence-electron chi connectivity index (χ0n) is 7.78. The van der Waals surface area contributed by atoms with Gasteiger partial charge in [-0.15, -0.1) is 11.3 Å². The molecule has 0 aromatic carbocycles. The molecule has 0 atom stereocenters. The molecule has 0 saturated heterocycles. The Kier molecular flexibility index (Phi) is 2.88. The molecule has 6 heteroatoms. The van der Waals surface area contributed by atoms with Gasteiger partial charge >= 0.3 is 6.01 Å². The first kappa shape index (κ1) is 10.4. The summed E-state index contributed by atoms with van der Waals surface area (Å²) in [6, 6.07) is 1.97. The second-order valence-corrected chi connectivity index (χ2v) is 5.18. The molecule has 2 heterocycles. The number of rotatable bonds is 2. The zero-order chi connectivity index (χ0) is 10.8. The largest absolute Gasteiger partial charge is 0.432 e. The summed E-state index contributed by atoms with van der Waals surface area (Å²) in [5.41, 5.74) is 1.32. The quantitative estimate of drug-likeness (QED) is 0.923. The number of anilines is 1. The summed E-state index contributed by atoms with van der Waals surface area (Å²) in [4.78, 5) is 15.6. The molecule has 0 aliphatic carbocycles. The van der Waals surface area contributed by atoms with Crippen LogP contribution in [0.1, 0.15) is 16.1 Å². The summed E-state index contributed by atoms with van der Waals surface area (Å²) in [5.74, 6) is -0.223. The Hall–Kier alpha value is -1.14. The van der Waals surface area contributed by atoms with Crippen molar-refractivity contribution in [2.45, 2.75) is 6.92 Å². The lowest BCUT2D eigenvalue weighted by molar-refractivity contribution is 0.102. The molecule has 0 spiro atoms. The molecule has 2 aromatic heterocycles. The number of hydrogen-bond acceptors (Lipinski definition) is 4. The van der Waals surface area contributed by atoms with Crippen LogP contribution in [0.3, 0.4) is 0 Å². The molecule has 1 N–H and O–H groups in total. The molecule has 4 nitrogen and oxygen atoms in total. The van der Waals surface area contributed by atoms with E-state index < -0.39 is 0 Å². The highest BCUT2D eigenvalue weighted by Crippen LogP contribution is 2.21. The van der Waals surface area contributed by atoms with Crippen molar-refractivity contribution in [1.82, 2.24) is 4.98 Å². The predicted molar refractivity (Wildman–Crippen MR) is 61.2 cm³/mol. The van der Waals surface area contributed by atoms with E-state index >= 15 is 0 Å². The van der Waals surface area contributed by atoms with E-state index in [1.807, 2.05) is 0 Å². The highest BCUT2D eigenvalue weighted by molar-refractivity contribution is 9.11. The van der Waals surface area contributed by atoms with Gasteiger partial charge in [0.2, 0.25) is 0 Å². The Morgan fingerprint density at radius 1 is 1.67 bits per heavy atom. The van der Waals surface area contributed by atoms with E-state index in [0.29, 0.717) is 5.56 Å². The van der Waals surface area contributed by atoms with Gasteiger partial charge in [0.15, 0.2) is 0 Å². The van der Waals surface area contributed by atoms with Crippen LogP contribution in [-0.2, 0) is 0 Å². The first-order chi connectivity index (χ1) is 7.15. The van der Waals surface area contributed by atoms with E-state index in [4.69, 9.17) is 4.42 Å². The van der Waals surface area contributed by atoms with Crippen molar-refractivity contribution in [2.24, 2.45) is 0 Å². The fraction of sp³-hybridized carbons (Fsp3) is 0.111. The zero-order valence-corrected chi connectivity index (χ0v) is 10.2. The number of aromatic nitrogens is 1. The highest BCUT2D eigenvalue weighted by atomic mass is 79.9. The van der Waals surface area contributed by atoms with Crippen LogP contribution < -0.4 is 5.32 Å². The number of nitrogens with one attached hydrogen (secondary N) is 1. The van der Waals surface area contributed by atoms with Gasteiger partial charge in [0.1, 0.15) is 6.26 Å². The van der Waals surface area contributed by atoms with Gasteiger partial charge in [-0.3, -0.25) is 10.1 Å². The van der Waals surface area contributed by atoms with E-state index in [1.165, 1.54) is 17.6 Å². The van der Waals surface area contributed by atoms with Crippen molar-refractivity contribution in [3.05, 3.63) is 32.8 Å². The van der Waals surface area contributed by atoms with Crippen molar-refractivity contribution in [3.8, 4) is 0 Å². The van der Waals surface area contributed by atoms with Crippen LogP contribution in [0.25, 0.3) is 0 Å². The van der Waals surface area contributed by atoms with Gasteiger partial charge in [-0.2, -0.15) is 4.98 Å². The number of hydrogen-bond donors (Lipinski definition) is 1. The van der Waals surface area contributed by atoms with Crippen LogP contribution in [-0.4, -0.2) is 10.9 Å². The highest BCUT2D eigenvalue weighted by Gasteiger charge is 2.10. The molecule has 0 saturated carbocycles. The maximum absolute atomic E-state index is 11.6. The first-order valence-corrected chi connectivity index (χ1v) is 5.80. The topological polar surface area (TPSA) is 55.1 Å². The number of nitrogens with zero attached hydrogens (tertiary/aromatic N) is 1. The average molecular weight is 287 g/mol. The fourth-order valence-corrected chi connectivity index (χ4v) is 2.15. The van der Waals surface area contributed by atoms with Gasteiger partial charge in [0.05, 0.1) is 15.0 Å². The van der Waals surface area contributed by atoms with Gasteiger partial charge in [-0.25, -0.2) is 0 Å². The molecule has 0 aliphatic rings. The SMILES string of the molecule is Cc1coc(NC(=O)c2csc(Br)c2)n1. The van der Waals surface area contributed by atoms with Crippen molar-refractivity contribution in [3.63, 3.8) is 0 Å². The van der Waals surface area contributed by atoms with Gasteiger partial charge in [0, 0.05) is 5.38 Å². The second kappa shape index (κ2) is 4.16. The summed E-state index contributed by atoms with van der Waals surface area (Å²) in [5, 5.41) is 4.32. The van der Waals surface area contributed by atoms with Crippen LogP contribution in [0.4, 0.5) is 6.01 Å². The smallest absolute Gasteiger partial charge is 0.301 e. The lowest BCUT2D eigenvalue weighted by Crippen LogP contribution is -2.10. The number of thiophene rings is 1. The van der Waals surface area contributed by atoms with E-state index in [9.17, 15) is 4.79 Å². The normalized spacial score (nSPS) is 10.3. The summed E-state index contributed by atoms with van der Waals surface area (Å²) >= 11 is 4.74. The summed E-state index contributed by atoms with van der Waals surface area (Å²) in [6.45, 7) is 1.79. The summed E-state index contributed by atoms with van der Waals surface area (Å²) in [6.07, 6.45) is 1.49. The number of halogens is 1. The second-order valence-electron chi connectivity index (χ2n) is 2.89. The van der Waals surface area contributed by atoms with Gasteiger partial charge < -0.3 is 4.42 Å². The molecule has 0 fully saturated rings. The Balaban J connectivity index is 2.10. The number of aryl methyl sites for hydroxylation is 1. The van der Waals surface area contributed by atoms with Crippen LogP contribution in [0.15, 0.2) is 25.9 Å². The van der Waals surface area contributed by atoms with Gasteiger partial charge in [-0.1, -0.05) is 0 Å². The standard InChI is InChI=1S/C9H7BrN2O2S/c1-5-3-14-9(11-5)12-8(13)6-2-7(10)15-4-6/h2-4H,1H3,(H,11,12,13). The van der Waals surface area contributed by atoms with Crippen molar-refractivity contribution in [1.29, 1.82) is 0 Å². The molecule has 0 bridgehead atoms. The number of amides is 1. The molecule has 0 unspecified atom stereocenters. The number of oxazole rings is 1. The molecule has 2 rings (SSSR count). The molecular formula is C9H7BrN2O2S. The Labute approximate surface area is 98.5 Å². The Bertz CT molecular complexity index is 492. The minimum absolute atomic E-state index is 0.222. The molecule has 15 heavy (non-hydrogen) atoms. The van der Waals surface area contributed by atoms with Crippen LogP contribution >= 0.6 is 27.3 Å². The number of carbonyl (C=O) groups is 1. The maximum atomic E-state index is 11.6. The third-order valence-corrected chi connectivity index (χ3v) is 3.17. The Morgan fingerprint density at radius 2 is 2.47 bits per heavy atom. The van der Waals surface area contributed by atoms with Gasteiger partial charge in [-0.05, 0) is 28.9 Å². The van der Waals surface area contributed by atoms with E-state index in [1.54, 1.807) is 18.4 Å². The van der Waals surface area contributed by atoms with Crippen LogP contribution in [0, 0.1) is 6.92 Å².